The Kier molecular flexibility index (Phi) is 6.01. The van der Waals surface area contributed by atoms with Crippen LogP contribution in [0.2, 0.25) is 0 Å². The SMILES string of the molecule is CC(C)c1nccn1[C@H](C)C(=O)NCCc1nc(Cc2ccccc2)no1. The van der Waals surface area contributed by atoms with E-state index in [9.17, 15) is 4.79 Å². The highest BCUT2D eigenvalue weighted by Crippen LogP contribution is 2.17. The number of benzene rings is 1. The number of aromatic nitrogens is 4. The molecule has 0 radical (unpaired) electrons. The molecule has 0 aliphatic rings. The Hall–Kier alpha value is -2.96. The van der Waals surface area contributed by atoms with E-state index in [1.807, 2.05) is 48.0 Å². The van der Waals surface area contributed by atoms with E-state index in [0.717, 1.165) is 11.4 Å². The van der Waals surface area contributed by atoms with Crippen molar-refractivity contribution in [2.75, 3.05) is 6.54 Å². The third-order valence-electron chi connectivity index (χ3n) is 4.37. The van der Waals surface area contributed by atoms with Gasteiger partial charge in [0.15, 0.2) is 5.82 Å². The number of nitrogens with one attached hydrogen (secondary N) is 1. The molecule has 3 rings (SSSR count). The summed E-state index contributed by atoms with van der Waals surface area (Å²) in [5, 5.41) is 6.93. The first-order valence-corrected chi connectivity index (χ1v) is 9.20. The number of carbonyl (C=O) groups is 1. The second-order valence-corrected chi connectivity index (χ2v) is 6.83. The van der Waals surface area contributed by atoms with Crippen molar-refractivity contribution >= 4 is 5.91 Å². The van der Waals surface area contributed by atoms with Gasteiger partial charge in [-0.1, -0.05) is 49.3 Å². The van der Waals surface area contributed by atoms with Crippen LogP contribution in [0.5, 0.6) is 0 Å². The average Bonchev–Trinajstić information content (AvgIpc) is 3.31. The highest BCUT2D eigenvalue weighted by molar-refractivity contribution is 5.79. The Morgan fingerprint density at radius 2 is 2.00 bits per heavy atom. The minimum absolute atomic E-state index is 0.0566. The van der Waals surface area contributed by atoms with E-state index < -0.39 is 0 Å². The molecule has 27 heavy (non-hydrogen) atoms. The van der Waals surface area contributed by atoms with Crippen LogP contribution in [-0.2, 0) is 17.6 Å². The van der Waals surface area contributed by atoms with Crippen LogP contribution < -0.4 is 5.32 Å². The first-order chi connectivity index (χ1) is 13.0. The molecular formula is C20H25N5O2. The Labute approximate surface area is 158 Å². The van der Waals surface area contributed by atoms with Crippen LogP contribution >= 0.6 is 0 Å². The van der Waals surface area contributed by atoms with Crippen molar-refractivity contribution in [3.8, 4) is 0 Å². The van der Waals surface area contributed by atoms with E-state index in [1.54, 1.807) is 6.20 Å². The zero-order valence-electron chi connectivity index (χ0n) is 15.9. The minimum atomic E-state index is -0.318. The molecule has 1 amide bonds. The van der Waals surface area contributed by atoms with Gasteiger partial charge in [0.05, 0.1) is 0 Å². The largest absolute Gasteiger partial charge is 0.354 e. The quantitative estimate of drug-likeness (QED) is 0.662. The van der Waals surface area contributed by atoms with Crippen molar-refractivity contribution in [3.63, 3.8) is 0 Å². The van der Waals surface area contributed by atoms with Gasteiger partial charge in [-0.05, 0) is 12.5 Å². The van der Waals surface area contributed by atoms with Crippen LogP contribution in [0.15, 0.2) is 47.2 Å². The lowest BCUT2D eigenvalue weighted by atomic mass is 10.1. The number of carbonyl (C=O) groups excluding carboxylic acids is 1. The average molecular weight is 367 g/mol. The molecular weight excluding hydrogens is 342 g/mol. The fourth-order valence-corrected chi connectivity index (χ4v) is 2.91. The summed E-state index contributed by atoms with van der Waals surface area (Å²) in [5.41, 5.74) is 1.13. The molecule has 0 spiro atoms. The molecule has 0 bridgehead atoms. The summed E-state index contributed by atoms with van der Waals surface area (Å²) in [6.07, 6.45) is 4.70. The maximum Gasteiger partial charge on any atom is 0.242 e. The summed E-state index contributed by atoms with van der Waals surface area (Å²) < 4.78 is 7.18. The van der Waals surface area contributed by atoms with E-state index in [2.05, 4.69) is 34.3 Å². The van der Waals surface area contributed by atoms with Crippen molar-refractivity contribution < 1.29 is 9.32 Å². The van der Waals surface area contributed by atoms with E-state index in [0.29, 0.717) is 31.1 Å². The van der Waals surface area contributed by atoms with Crippen molar-refractivity contribution in [3.05, 3.63) is 65.8 Å². The zero-order chi connectivity index (χ0) is 19.2. The molecule has 2 heterocycles. The first kappa shape index (κ1) is 18.8. The van der Waals surface area contributed by atoms with Crippen molar-refractivity contribution in [2.24, 2.45) is 0 Å². The number of rotatable bonds is 8. The molecule has 1 atom stereocenters. The predicted molar refractivity (Wildman–Crippen MR) is 101 cm³/mol. The lowest BCUT2D eigenvalue weighted by Crippen LogP contribution is -2.33. The number of hydrogen-bond acceptors (Lipinski definition) is 5. The molecule has 0 fully saturated rings. The van der Waals surface area contributed by atoms with Gasteiger partial charge in [0.1, 0.15) is 11.9 Å². The summed E-state index contributed by atoms with van der Waals surface area (Å²) in [7, 11) is 0. The lowest BCUT2D eigenvalue weighted by molar-refractivity contribution is -0.123. The molecule has 2 aromatic heterocycles. The summed E-state index contributed by atoms with van der Waals surface area (Å²) in [6, 6.07) is 9.68. The summed E-state index contributed by atoms with van der Waals surface area (Å²) in [5.74, 6) is 2.28. The molecule has 1 N–H and O–H groups in total. The van der Waals surface area contributed by atoms with Crippen molar-refractivity contribution in [2.45, 2.75) is 45.6 Å². The molecule has 142 valence electrons. The van der Waals surface area contributed by atoms with Gasteiger partial charge in [-0.15, -0.1) is 0 Å². The van der Waals surface area contributed by atoms with Crippen molar-refractivity contribution in [1.82, 2.24) is 25.0 Å². The van der Waals surface area contributed by atoms with Gasteiger partial charge in [0, 0.05) is 37.7 Å². The van der Waals surface area contributed by atoms with Crippen LogP contribution in [0.1, 0.15) is 55.8 Å². The number of nitrogens with zero attached hydrogens (tertiary/aromatic N) is 4. The molecule has 7 nitrogen and oxygen atoms in total. The van der Waals surface area contributed by atoms with Gasteiger partial charge >= 0.3 is 0 Å². The number of amides is 1. The molecule has 0 aliphatic carbocycles. The van der Waals surface area contributed by atoms with Crippen molar-refractivity contribution in [1.29, 1.82) is 0 Å². The van der Waals surface area contributed by atoms with E-state index in [1.165, 1.54) is 0 Å². The number of hydrogen-bond donors (Lipinski definition) is 1. The normalized spacial score (nSPS) is 12.3. The van der Waals surface area contributed by atoms with E-state index >= 15 is 0 Å². The second kappa shape index (κ2) is 8.62. The fourth-order valence-electron chi connectivity index (χ4n) is 2.91. The summed E-state index contributed by atoms with van der Waals surface area (Å²) >= 11 is 0. The molecule has 1 aromatic carbocycles. The van der Waals surface area contributed by atoms with Gasteiger partial charge in [-0.25, -0.2) is 4.98 Å². The zero-order valence-corrected chi connectivity index (χ0v) is 15.9. The van der Waals surface area contributed by atoms with Crippen LogP contribution in [0.4, 0.5) is 0 Å². The van der Waals surface area contributed by atoms with E-state index in [-0.39, 0.29) is 17.9 Å². The Balaban J connectivity index is 1.49. The Morgan fingerprint density at radius 1 is 1.22 bits per heavy atom. The summed E-state index contributed by atoms with van der Waals surface area (Å²) in [4.78, 5) is 21.2. The Bertz CT molecular complexity index is 869. The molecule has 3 aromatic rings. The highest BCUT2D eigenvalue weighted by atomic mass is 16.5. The van der Waals surface area contributed by atoms with Crippen LogP contribution in [-0.4, -0.2) is 32.1 Å². The molecule has 0 unspecified atom stereocenters. The van der Waals surface area contributed by atoms with Gasteiger partial charge < -0.3 is 14.4 Å². The van der Waals surface area contributed by atoms with Crippen LogP contribution in [0.25, 0.3) is 0 Å². The smallest absolute Gasteiger partial charge is 0.242 e. The summed E-state index contributed by atoms with van der Waals surface area (Å²) in [6.45, 7) is 6.44. The van der Waals surface area contributed by atoms with Gasteiger partial charge in [0.25, 0.3) is 0 Å². The second-order valence-electron chi connectivity index (χ2n) is 6.83. The first-order valence-electron chi connectivity index (χ1n) is 9.20. The third kappa shape index (κ3) is 4.81. The predicted octanol–water partition coefficient (Wildman–Crippen LogP) is 2.90. The monoisotopic (exact) mass is 367 g/mol. The maximum atomic E-state index is 12.4. The topological polar surface area (TPSA) is 85.8 Å². The molecule has 7 heteroatoms. The maximum absolute atomic E-state index is 12.4. The third-order valence-corrected chi connectivity index (χ3v) is 4.37. The Morgan fingerprint density at radius 3 is 2.74 bits per heavy atom. The number of imidazole rings is 1. The molecule has 0 saturated heterocycles. The van der Waals surface area contributed by atoms with Gasteiger partial charge in [0.2, 0.25) is 11.8 Å². The fraction of sp³-hybridized carbons (Fsp3) is 0.400. The minimum Gasteiger partial charge on any atom is -0.354 e. The van der Waals surface area contributed by atoms with Crippen LogP contribution in [0, 0.1) is 0 Å². The van der Waals surface area contributed by atoms with E-state index in [4.69, 9.17) is 4.52 Å². The van der Waals surface area contributed by atoms with Gasteiger partial charge in [-0.2, -0.15) is 4.98 Å². The highest BCUT2D eigenvalue weighted by Gasteiger charge is 2.19. The standard InChI is InChI=1S/C20H25N5O2/c1-14(2)19-21-11-12-25(19)15(3)20(26)22-10-9-18-23-17(24-27-18)13-16-7-5-4-6-8-16/h4-8,11-12,14-15H,9-10,13H2,1-3H3,(H,22,26)/t15-/m1/s1. The van der Waals surface area contributed by atoms with Gasteiger partial charge in [-0.3, -0.25) is 4.79 Å². The molecule has 0 aliphatic heterocycles. The lowest BCUT2D eigenvalue weighted by Gasteiger charge is -2.17. The molecule has 0 saturated carbocycles. The van der Waals surface area contributed by atoms with Crippen LogP contribution in [0.3, 0.4) is 0 Å².